The lowest BCUT2D eigenvalue weighted by Crippen LogP contribution is -2.40. The summed E-state index contributed by atoms with van der Waals surface area (Å²) in [7, 11) is 0. The molecule has 1 heterocycles. The molecule has 5 nitrogen and oxygen atoms in total. The maximum Gasteiger partial charge on any atom is 0.390 e. The predicted octanol–water partition coefficient (Wildman–Crippen LogP) is 1.92. The van der Waals surface area contributed by atoms with Crippen LogP contribution in [0.3, 0.4) is 0 Å². The minimum absolute atomic E-state index is 0.138. The number of para-hydroxylation sites is 1. The smallest absolute Gasteiger partial charge is 0.390 e. The molecule has 0 saturated heterocycles. The first-order valence-corrected chi connectivity index (χ1v) is 7.03. The Balaban J connectivity index is 2.20. The van der Waals surface area contributed by atoms with Gasteiger partial charge in [0.1, 0.15) is 5.69 Å². The van der Waals surface area contributed by atoms with Crippen molar-refractivity contribution in [1.29, 1.82) is 0 Å². The quantitative estimate of drug-likeness (QED) is 0.757. The number of halogens is 3. The summed E-state index contributed by atoms with van der Waals surface area (Å²) in [5.41, 5.74) is 0.827. The molecule has 0 aliphatic heterocycles. The molecule has 1 aromatic carbocycles. The molecule has 0 aliphatic rings. The van der Waals surface area contributed by atoms with Gasteiger partial charge < -0.3 is 20.1 Å². The lowest BCUT2D eigenvalue weighted by Gasteiger charge is -2.24. The number of carbonyl (C=O) groups is 1. The van der Waals surface area contributed by atoms with Gasteiger partial charge in [0.2, 0.25) is 0 Å². The van der Waals surface area contributed by atoms with Crippen LogP contribution in [0.1, 0.15) is 16.9 Å². The second kappa shape index (κ2) is 7.01. The number of carbonyl (C=O) groups excluding carboxylic acids is 1. The van der Waals surface area contributed by atoms with Gasteiger partial charge in [-0.2, -0.15) is 13.2 Å². The summed E-state index contributed by atoms with van der Waals surface area (Å²) in [5, 5.41) is 19.1. The first kappa shape index (κ1) is 17.3. The molecule has 1 aromatic heterocycles. The molecule has 0 bridgehead atoms. The number of nitrogens with one attached hydrogen (secondary N) is 1. The summed E-state index contributed by atoms with van der Waals surface area (Å²) < 4.78 is 37.2. The van der Waals surface area contributed by atoms with Crippen molar-refractivity contribution in [3.63, 3.8) is 0 Å². The first-order valence-electron chi connectivity index (χ1n) is 7.03. The third-order valence-electron chi connectivity index (χ3n) is 3.35. The molecule has 126 valence electrons. The number of alkyl halides is 3. The number of fused-ring (bicyclic) bond motifs is 1. The van der Waals surface area contributed by atoms with E-state index in [4.69, 9.17) is 5.11 Å². The van der Waals surface area contributed by atoms with Crippen LogP contribution in [0.2, 0.25) is 0 Å². The number of rotatable bonds is 6. The summed E-state index contributed by atoms with van der Waals surface area (Å²) in [4.78, 5) is 16.2. The maximum atomic E-state index is 12.4. The Hall–Kier alpha value is -2.06. The van der Waals surface area contributed by atoms with Crippen LogP contribution in [-0.4, -0.2) is 58.0 Å². The number of amides is 1. The van der Waals surface area contributed by atoms with Crippen molar-refractivity contribution in [2.75, 3.05) is 19.7 Å². The fourth-order valence-corrected chi connectivity index (χ4v) is 2.21. The van der Waals surface area contributed by atoms with Crippen molar-refractivity contribution in [1.82, 2.24) is 9.88 Å². The molecular formula is C15H17F3N2O3. The number of hydrogen-bond acceptors (Lipinski definition) is 3. The zero-order chi connectivity index (χ0) is 17.0. The van der Waals surface area contributed by atoms with E-state index in [0.29, 0.717) is 5.52 Å². The molecule has 0 fully saturated rings. The van der Waals surface area contributed by atoms with E-state index < -0.39 is 37.8 Å². The van der Waals surface area contributed by atoms with Crippen LogP contribution >= 0.6 is 0 Å². The van der Waals surface area contributed by atoms with Crippen molar-refractivity contribution in [2.45, 2.75) is 18.7 Å². The van der Waals surface area contributed by atoms with E-state index >= 15 is 0 Å². The highest BCUT2D eigenvalue weighted by molar-refractivity contribution is 5.98. The molecule has 2 aromatic rings. The van der Waals surface area contributed by atoms with Crippen LogP contribution in [0, 0.1) is 0 Å². The van der Waals surface area contributed by atoms with E-state index in [1.165, 1.54) is 0 Å². The van der Waals surface area contributed by atoms with Gasteiger partial charge in [-0.05, 0) is 12.1 Å². The van der Waals surface area contributed by atoms with Crippen LogP contribution in [0.4, 0.5) is 13.2 Å². The number of hydrogen-bond donors (Lipinski definition) is 3. The van der Waals surface area contributed by atoms with Gasteiger partial charge in [0, 0.05) is 24.0 Å². The Morgan fingerprint density at radius 3 is 2.61 bits per heavy atom. The van der Waals surface area contributed by atoms with Crippen LogP contribution in [0.5, 0.6) is 0 Å². The normalized spacial score (nSPS) is 13.3. The first-order chi connectivity index (χ1) is 10.8. The summed E-state index contributed by atoms with van der Waals surface area (Å²) in [6, 6.07) is 8.61. The second-order valence-electron chi connectivity index (χ2n) is 5.22. The molecule has 23 heavy (non-hydrogen) atoms. The van der Waals surface area contributed by atoms with E-state index in [-0.39, 0.29) is 12.2 Å². The average Bonchev–Trinajstić information content (AvgIpc) is 2.93. The van der Waals surface area contributed by atoms with Crippen LogP contribution in [0.25, 0.3) is 10.9 Å². The Bertz CT molecular complexity index is 636. The molecule has 0 saturated carbocycles. The van der Waals surface area contributed by atoms with Gasteiger partial charge in [-0.25, -0.2) is 0 Å². The minimum atomic E-state index is -4.41. The third kappa shape index (κ3) is 4.70. The van der Waals surface area contributed by atoms with Crippen LogP contribution < -0.4 is 0 Å². The fourth-order valence-electron chi connectivity index (χ4n) is 2.21. The number of nitrogens with zero attached hydrogens (tertiary/aromatic N) is 1. The fraction of sp³-hybridized carbons (Fsp3) is 0.400. The van der Waals surface area contributed by atoms with Crippen molar-refractivity contribution in [2.24, 2.45) is 0 Å². The number of benzene rings is 1. The van der Waals surface area contributed by atoms with E-state index in [2.05, 4.69) is 4.98 Å². The number of aliphatic hydroxyl groups excluding tert-OH is 2. The molecule has 2 rings (SSSR count). The van der Waals surface area contributed by atoms with Gasteiger partial charge in [0.15, 0.2) is 0 Å². The molecule has 0 aliphatic carbocycles. The van der Waals surface area contributed by atoms with Crippen molar-refractivity contribution >= 4 is 16.8 Å². The van der Waals surface area contributed by atoms with Gasteiger partial charge in [0.25, 0.3) is 5.91 Å². The predicted molar refractivity (Wildman–Crippen MR) is 78.0 cm³/mol. The summed E-state index contributed by atoms with van der Waals surface area (Å²) >= 11 is 0. The number of aliphatic hydroxyl groups is 2. The molecule has 8 heteroatoms. The Labute approximate surface area is 130 Å². The zero-order valence-corrected chi connectivity index (χ0v) is 12.2. The SMILES string of the molecule is O=C(c1cc2ccccc2[nH]1)N(CCC(F)(F)F)C[C@H](O)CO. The van der Waals surface area contributed by atoms with Crippen LogP contribution in [-0.2, 0) is 0 Å². The van der Waals surface area contributed by atoms with Crippen LogP contribution in [0.15, 0.2) is 30.3 Å². The molecule has 3 N–H and O–H groups in total. The third-order valence-corrected chi connectivity index (χ3v) is 3.35. The van der Waals surface area contributed by atoms with Crippen molar-refractivity contribution < 1.29 is 28.2 Å². The molecule has 1 atom stereocenters. The highest BCUT2D eigenvalue weighted by atomic mass is 19.4. The Morgan fingerprint density at radius 2 is 2.00 bits per heavy atom. The monoisotopic (exact) mass is 330 g/mol. The van der Waals surface area contributed by atoms with Gasteiger partial charge in [-0.15, -0.1) is 0 Å². The molecule has 0 radical (unpaired) electrons. The van der Waals surface area contributed by atoms with Crippen molar-refractivity contribution in [3.8, 4) is 0 Å². The maximum absolute atomic E-state index is 12.4. The number of aromatic amines is 1. The highest BCUT2D eigenvalue weighted by Crippen LogP contribution is 2.21. The van der Waals surface area contributed by atoms with Crippen molar-refractivity contribution in [3.05, 3.63) is 36.0 Å². The minimum Gasteiger partial charge on any atom is -0.394 e. The average molecular weight is 330 g/mol. The number of aromatic nitrogens is 1. The summed E-state index contributed by atoms with van der Waals surface area (Å²) in [5.74, 6) is -0.655. The summed E-state index contributed by atoms with van der Waals surface area (Å²) in [6.07, 6.45) is -6.89. The van der Waals surface area contributed by atoms with Gasteiger partial charge in [-0.1, -0.05) is 18.2 Å². The lowest BCUT2D eigenvalue weighted by molar-refractivity contribution is -0.137. The second-order valence-corrected chi connectivity index (χ2v) is 5.22. The molecule has 0 spiro atoms. The van der Waals surface area contributed by atoms with Gasteiger partial charge in [-0.3, -0.25) is 4.79 Å². The van der Waals surface area contributed by atoms with E-state index in [1.807, 2.05) is 0 Å². The van der Waals surface area contributed by atoms with E-state index in [1.54, 1.807) is 30.3 Å². The molecule has 0 unspecified atom stereocenters. The van der Waals surface area contributed by atoms with E-state index in [9.17, 15) is 23.1 Å². The molecular weight excluding hydrogens is 313 g/mol. The van der Waals surface area contributed by atoms with E-state index in [0.717, 1.165) is 10.3 Å². The Morgan fingerprint density at radius 1 is 1.30 bits per heavy atom. The number of H-pyrrole nitrogens is 1. The largest absolute Gasteiger partial charge is 0.394 e. The highest BCUT2D eigenvalue weighted by Gasteiger charge is 2.30. The standard InChI is InChI=1S/C15H17F3N2O3/c16-15(17,18)5-6-20(8-11(22)9-21)14(23)13-7-10-3-1-2-4-12(10)19-13/h1-4,7,11,19,21-22H,5-6,8-9H2/t11-/m0/s1. The zero-order valence-electron chi connectivity index (χ0n) is 12.2. The topological polar surface area (TPSA) is 76.6 Å². The lowest BCUT2D eigenvalue weighted by atomic mass is 10.2. The molecule has 1 amide bonds. The van der Waals surface area contributed by atoms with Gasteiger partial charge >= 0.3 is 6.18 Å². The summed E-state index contributed by atoms with van der Waals surface area (Å²) in [6.45, 7) is -1.60. The Kier molecular flexibility index (Phi) is 5.27. The van der Waals surface area contributed by atoms with Gasteiger partial charge in [0.05, 0.1) is 19.1 Å².